The second kappa shape index (κ2) is 8.00. The lowest BCUT2D eigenvalue weighted by Gasteiger charge is -2.23. The molecular weight excluding hydrogens is 392 g/mol. The molecule has 2 atom stereocenters. The number of amides is 1. The standard InChI is InChI=1S/C15H20N6O6S/c1-15(2,3)27-14(22)17-10-8-20(9-11(10)18-19-16)28(25,26)13-7-5-4-6-12(13)21(23)24/h4-7,10-11H,8-9H2,1-3H3,(H,17,22)/t10-,11+/m0/s1. The fraction of sp³-hybridized carbons (Fsp3) is 0.533. The zero-order valence-electron chi connectivity index (χ0n) is 15.5. The second-order valence-corrected chi connectivity index (χ2v) is 8.98. The molecule has 1 aromatic rings. The summed E-state index contributed by atoms with van der Waals surface area (Å²) in [6.45, 7) is 4.53. The number of hydrogen-bond donors (Lipinski definition) is 1. The molecule has 152 valence electrons. The minimum Gasteiger partial charge on any atom is -0.444 e. The number of sulfonamides is 1. The van der Waals surface area contributed by atoms with Gasteiger partial charge in [-0.15, -0.1) is 0 Å². The first-order valence-corrected chi connectivity index (χ1v) is 9.67. The largest absolute Gasteiger partial charge is 0.444 e. The van der Waals surface area contributed by atoms with Crippen LogP contribution in [-0.2, 0) is 14.8 Å². The van der Waals surface area contributed by atoms with Gasteiger partial charge < -0.3 is 10.1 Å². The maximum atomic E-state index is 12.9. The highest BCUT2D eigenvalue weighted by atomic mass is 32.2. The van der Waals surface area contributed by atoms with E-state index in [-0.39, 0.29) is 13.1 Å². The van der Waals surface area contributed by atoms with E-state index in [1.54, 1.807) is 20.8 Å². The van der Waals surface area contributed by atoms with Gasteiger partial charge in [0.15, 0.2) is 4.90 Å². The predicted octanol–water partition coefficient (Wildman–Crippen LogP) is 2.17. The van der Waals surface area contributed by atoms with Crippen molar-refractivity contribution in [3.05, 3.63) is 44.8 Å². The molecule has 0 aromatic heterocycles. The van der Waals surface area contributed by atoms with Crippen LogP contribution in [0, 0.1) is 10.1 Å². The lowest BCUT2D eigenvalue weighted by atomic mass is 10.2. The first kappa shape index (κ1) is 21.4. The van der Waals surface area contributed by atoms with E-state index in [0.29, 0.717) is 0 Å². The van der Waals surface area contributed by atoms with Crippen LogP contribution in [0.5, 0.6) is 0 Å². The molecule has 0 bridgehead atoms. The van der Waals surface area contributed by atoms with Crippen molar-refractivity contribution in [1.82, 2.24) is 9.62 Å². The quantitative estimate of drug-likeness (QED) is 0.255. The Kier molecular flexibility index (Phi) is 6.12. The summed E-state index contributed by atoms with van der Waals surface area (Å²) >= 11 is 0. The van der Waals surface area contributed by atoms with Crippen LogP contribution in [-0.4, -0.2) is 54.5 Å². The van der Waals surface area contributed by atoms with E-state index in [9.17, 15) is 23.3 Å². The molecule has 0 unspecified atom stereocenters. The number of carbonyl (C=O) groups excluding carboxylic acids is 1. The molecule has 1 saturated heterocycles. The van der Waals surface area contributed by atoms with Crippen molar-refractivity contribution in [3.63, 3.8) is 0 Å². The Morgan fingerprint density at radius 2 is 2.04 bits per heavy atom. The average Bonchev–Trinajstić information content (AvgIpc) is 2.97. The van der Waals surface area contributed by atoms with Crippen LogP contribution in [0.1, 0.15) is 20.8 Å². The maximum Gasteiger partial charge on any atom is 0.407 e. The Bertz CT molecular complexity index is 921. The van der Waals surface area contributed by atoms with Gasteiger partial charge in [-0.25, -0.2) is 13.2 Å². The fourth-order valence-corrected chi connectivity index (χ4v) is 4.34. The van der Waals surface area contributed by atoms with Crippen LogP contribution >= 0.6 is 0 Å². The minimum atomic E-state index is -4.25. The zero-order valence-corrected chi connectivity index (χ0v) is 16.3. The molecule has 12 nitrogen and oxygen atoms in total. The van der Waals surface area contributed by atoms with Crippen LogP contribution in [0.3, 0.4) is 0 Å². The first-order valence-electron chi connectivity index (χ1n) is 8.23. The summed E-state index contributed by atoms with van der Waals surface area (Å²) in [5.41, 5.74) is 7.41. The van der Waals surface area contributed by atoms with E-state index in [0.717, 1.165) is 16.4 Å². The van der Waals surface area contributed by atoms with Gasteiger partial charge >= 0.3 is 6.09 Å². The van der Waals surface area contributed by atoms with Crippen LogP contribution in [0.15, 0.2) is 34.3 Å². The number of nitro benzene ring substituents is 1. The van der Waals surface area contributed by atoms with Crippen molar-refractivity contribution < 1.29 is 22.9 Å². The number of hydrogen-bond acceptors (Lipinski definition) is 7. The topological polar surface area (TPSA) is 168 Å². The van der Waals surface area contributed by atoms with Crippen molar-refractivity contribution in [2.45, 2.75) is 43.4 Å². The third kappa shape index (κ3) is 4.88. The highest BCUT2D eigenvalue weighted by Gasteiger charge is 2.42. The number of ether oxygens (including phenoxy) is 1. The summed E-state index contributed by atoms with van der Waals surface area (Å²) in [5.74, 6) is 0. The van der Waals surface area contributed by atoms with Gasteiger partial charge in [0, 0.05) is 24.1 Å². The van der Waals surface area contributed by atoms with Gasteiger partial charge in [-0.3, -0.25) is 10.1 Å². The molecule has 0 spiro atoms. The minimum absolute atomic E-state index is 0.225. The highest BCUT2D eigenvalue weighted by molar-refractivity contribution is 7.89. The van der Waals surface area contributed by atoms with E-state index >= 15 is 0 Å². The molecule has 0 saturated carbocycles. The van der Waals surface area contributed by atoms with Crippen LogP contribution < -0.4 is 5.32 Å². The molecule has 1 fully saturated rings. The van der Waals surface area contributed by atoms with Gasteiger partial charge in [-0.2, -0.15) is 4.31 Å². The molecule has 13 heteroatoms. The van der Waals surface area contributed by atoms with Crippen molar-refractivity contribution >= 4 is 21.8 Å². The molecule has 1 amide bonds. The van der Waals surface area contributed by atoms with E-state index in [1.807, 2.05) is 0 Å². The molecule has 2 rings (SSSR count). The summed E-state index contributed by atoms with van der Waals surface area (Å²) in [4.78, 5) is 24.6. The number of para-hydroxylation sites is 1. The van der Waals surface area contributed by atoms with Gasteiger partial charge in [0.2, 0.25) is 10.0 Å². The molecule has 0 radical (unpaired) electrons. The van der Waals surface area contributed by atoms with Crippen LogP contribution in [0.2, 0.25) is 0 Å². The van der Waals surface area contributed by atoms with Crippen molar-refractivity contribution in [1.29, 1.82) is 0 Å². The molecule has 1 aliphatic heterocycles. The second-order valence-electron chi connectivity index (χ2n) is 7.07. The Labute approximate surface area is 161 Å². The molecule has 1 aliphatic rings. The summed E-state index contributed by atoms with van der Waals surface area (Å²) in [6.07, 6.45) is -0.791. The Morgan fingerprint density at radius 3 is 2.61 bits per heavy atom. The van der Waals surface area contributed by atoms with Gasteiger partial charge in [0.1, 0.15) is 5.60 Å². The average molecular weight is 412 g/mol. The SMILES string of the molecule is CC(C)(C)OC(=O)N[C@H]1CN(S(=O)(=O)c2ccccc2[N+](=O)[O-])C[C@H]1N=[N+]=[N-]. The monoisotopic (exact) mass is 412 g/mol. The maximum absolute atomic E-state index is 12.9. The Morgan fingerprint density at radius 1 is 1.39 bits per heavy atom. The highest BCUT2D eigenvalue weighted by Crippen LogP contribution is 2.29. The summed E-state index contributed by atoms with van der Waals surface area (Å²) in [7, 11) is -4.25. The lowest BCUT2D eigenvalue weighted by molar-refractivity contribution is -0.387. The third-order valence-corrected chi connectivity index (χ3v) is 5.72. The van der Waals surface area contributed by atoms with E-state index in [1.165, 1.54) is 12.1 Å². The van der Waals surface area contributed by atoms with Gasteiger partial charge in [0.25, 0.3) is 5.69 Å². The number of nitro groups is 1. The molecular formula is C15H20N6O6S. The normalized spacial score (nSPS) is 20.2. The van der Waals surface area contributed by atoms with Crippen molar-refractivity contribution in [2.75, 3.05) is 13.1 Å². The number of alkyl carbamates (subject to hydrolysis) is 1. The number of carbonyl (C=O) groups is 1. The predicted molar refractivity (Wildman–Crippen MR) is 97.9 cm³/mol. The number of nitrogens with zero attached hydrogens (tertiary/aromatic N) is 5. The summed E-state index contributed by atoms with van der Waals surface area (Å²) in [5, 5.41) is 17.2. The van der Waals surface area contributed by atoms with Gasteiger partial charge in [-0.1, -0.05) is 17.2 Å². The number of rotatable bonds is 5. The first-order chi connectivity index (χ1) is 13.0. The Hall–Kier alpha value is -2.89. The van der Waals surface area contributed by atoms with Crippen LogP contribution in [0.4, 0.5) is 10.5 Å². The van der Waals surface area contributed by atoms with E-state index in [4.69, 9.17) is 10.3 Å². The van der Waals surface area contributed by atoms with Crippen molar-refractivity contribution in [3.8, 4) is 0 Å². The zero-order chi connectivity index (χ0) is 21.1. The third-order valence-electron chi connectivity index (χ3n) is 3.84. The van der Waals surface area contributed by atoms with Gasteiger partial charge in [0.05, 0.1) is 17.0 Å². The lowest BCUT2D eigenvalue weighted by Crippen LogP contribution is -2.44. The van der Waals surface area contributed by atoms with Gasteiger partial charge in [-0.05, 0) is 32.4 Å². The van der Waals surface area contributed by atoms with Crippen molar-refractivity contribution in [2.24, 2.45) is 5.11 Å². The molecule has 1 aromatic carbocycles. The number of benzene rings is 1. The fourth-order valence-electron chi connectivity index (χ4n) is 2.70. The molecule has 1 N–H and O–H groups in total. The summed E-state index contributed by atoms with van der Waals surface area (Å²) in [6, 6.07) is 3.21. The molecule has 1 heterocycles. The van der Waals surface area contributed by atoms with E-state index in [2.05, 4.69) is 15.3 Å². The number of azide groups is 1. The smallest absolute Gasteiger partial charge is 0.407 e. The van der Waals surface area contributed by atoms with Crippen LogP contribution in [0.25, 0.3) is 10.4 Å². The number of nitrogens with one attached hydrogen (secondary N) is 1. The molecule has 0 aliphatic carbocycles. The molecule has 28 heavy (non-hydrogen) atoms. The Balaban J connectivity index is 2.29. The van der Waals surface area contributed by atoms with E-state index < -0.39 is 49.3 Å². The summed E-state index contributed by atoms with van der Waals surface area (Å²) < 4.78 is 31.9.